The standard InChI is InChI=1S/C20H19F3N4O/c21-20(22,23)15-8-9-17(27-10-4-5-11-27)16(12-15)24-13-18-25-26-19(28-18)14-6-2-1-3-7-14/h1-3,6-9,12,24H,4-5,10-11,13H2. The fourth-order valence-corrected chi connectivity index (χ4v) is 3.28. The van der Waals surface area contributed by atoms with Crippen LogP contribution in [0.1, 0.15) is 24.3 Å². The highest BCUT2D eigenvalue weighted by Gasteiger charge is 2.31. The second-order valence-electron chi connectivity index (χ2n) is 6.64. The molecule has 4 rings (SSSR count). The van der Waals surface area contributed by atoms with Crippen molar-refractivity contribution in [2.75, 3.05) is 23.3 Å². The number of anilines is 2. The van der Waals surface area contributed by atoms with E-state index in [0.29, 0.717) is 17.5 Å². The van der Waals surface area contributed by atoms with Crippen molar-refractivity contribution in [1.82, 2.24) is 10.2 Å². The van der Waals surface area contributed by atoms with E-state index in [1.165, 1.54) is 6.07 Å². The maximum Gasteiger partial charge on any atom is 0.416 e. The van der Waals surface area contributed by atoms with Crippen LogP contribution in [0.3, 0.4) is 0 Å². The molecule has 2 aromatic carbocycles. The summed E-state index contributed by atoms with van der Waals surface area (Å²) < 4.78 is 45.1. The summed E-state index contributed by atoms with van der Waals surface area (Å²) in [6.45, 7) is 1.81. The molecule has 0 atom stereocenters. The number of benzene rings is 2. The van der Waals surface area contributed by atoms with Gasteiger partial charge in [-0.2, -0.15) is 13.2 Å². The van der Waals surface area contributed by atoms with Crippen molar-refractivity contribution in [2.45, 2.75) is 25.6 Å². The fourth-order valence-electron chi connectivity index (χ4n) is 3.28. The lowest BCUT2D eigenvalue weighted by Crippen LogP contribution is -2.20. The van der Waals surface area contributed by atoms with Gasteiger partial charge in [-0.3, -0.25) is 0 Å². The molecule has 1 N–H and O–H groups in total. The summed E-state index contributed by atoms with van der Waals surface area (Å²) in [6.07, 6.45) is -2.33. The smallest absolute Gasteiger partial charge is 0.416 e. The molecule has 28 heavy (non-hydrogen) atoms. The van der Waals surface area contributed by atoms with E-state index >= 15 is 0 Å². The monoisotopic (exact) mass is 388 g/mol. The van der Waals surface area contributed by atoms with Crippen LogP contribution >= 0.6 is 0 Å². The van der Waals surface area contributed by atoms with Gasteiger partial charge in [-0.1, -0.05) is 18.2 Å². The molecule has 0 amide bonds. The van der Waals surface area contributed by atoms with Crippen LogP contribution in [0.15, 0.2) is 52.9 Å². The van der Waals surface area contributed by atoms with Gasteiger partial charge in [0.2, 0.25) is 11.8 Å². The highest BCUT2D eigenvalue weighted by atomic mass is 19.4. The number of aromatic nitrogens is 2. The Morgan fingerprint density at radius 2 is 1.75 bits per heavy atom. The molecule has 1 aromatic heterocycles. The minimum Gasteiger partial charge on any atom is -0.419 e. The molecule has 0 saturated carbocycles. The van der Waals surface area contributed by atoms with Crippen LogP contribution in [0.25, 0.3) is 11.5 Å². The van der Waals surface area contributed by atoms with Gasteiger partial charge in [-0.15, -0.1) is 10.2 Å². The van der Waals surface area contributed by atoms with E-state index in [0.717, 1.165) is 49.3 Å². The first-order chi connectivity index (χ1) is 13.5. The van der Waals surface area contributed by atoms with Crippen LogP contribution in [0.5, 0.6) is 0 Å². The Morgan fingerprint density at radius 1 is 1.00 bits per heavy atom. The van der Waals surface area contributed by atoms with E-state index in [1.54, 1.807) is 0 Å². The quantitative estimate of drug-likeness (QED) is 0.669. The van der Waals surface area contributed by atoms with Gasteiger partial charge in [0.1, 0.15) is 0 Å². The normalized spacial score (nSPS) is 14.5. The predicted molar refractivity (Wildman–Crippen MR) is 100.0 cm³/mol. The lowest BCUT2D eigenvalue weighted by molar-refractivity contribution is -0.137. The Bertz CT molecular complexity index is 934. The van der Waals surface area contributed by atoms with Crippen LogP contribution in [-0.4, -0.2) is 23.3 Å². The average molecular weight is 388 g/mol. The summed E-state index contributed by atoms with van der Waals surface area (Å²) in [5.74, 6) is 0.685. The van der Waals surface area contributed by atoms with Crippen LogP contribution in [-0.2, 0) is 12.7 Å². The Kier molecular flexibility index (Phi) is 4.93. The Balaban J connectivity index is 1.55. The third-order valence-corrected chi connectivity index (χ3v) is 4.69. The highest BCUT2D eigenvalue weighted by molar-refractivity contribution is 5.71. The van der Waals surface area contributed by atoms with E-state index in [2.05, 4.69) is 20.4 Å². The van der Waals surface area contributed by atoms with Gasteiger partial charge in [0.05, 0.1) is 23.5 Å². The molecule has 0 aliphatic carbocycles. The molecule has 0 spiro atoms. The lowest BCUT2D eigenvalue weighted by atomic mass is 10.1. The molecule has 8 heteroatoms. The largest absolute Gasteiger partial charge is 0.419 e. The lowest BCUT2D eigenvalue weighted by Gasteiger charge is -2.23. The summed E-state index contributed by atoms with van der Waals surface area (Å²) in [6, 6.07) is 13.1. The third kappa shape index (κ3) is 3.95. The summed E-state index contributed by atoms with van der Waals surface area (Å²) in [7, 11) is 0. The van der Waals surface area contributed by atoms with Gasteiger partial charge in [0, 0.05) is 18.7 Å². The number of hydrogen-bond acceptors (Lipinski definition) is 5. The van der Waals surface area contributed by atoms with Crippen LogP contribution < -0.4 is 10.2 Å². The minimum atomic E-state index is -4.40. The topological polar surface area (TPSA) is 54.2 Å². The number of nitrogens with zero attached hydrogens (tertiary/aromatic N) is 3. The molecule has 1 aliphatic heterocycles. The maximum absolute atomic E-state index is 13.1. The zero-order chi connectivity index (χ0) is 19.6. The number of hydrogen-bond donors (Lipinski definition) is 1. The maximum atomic E-state index is 13.1. The second kappa shape index (κ2) is 7.53. The van der Waals surface area contributed by atoms with E-state index in [4.69, 9.17) is 4.42 Å². The SMILES string of the molecule is FC(F)(F)c1ccc(N2CCCC2)c(NCc2nnc(-c3ccccc3)o2)c1. The predicted octanol–water partition coefficient (Wildman–Crippen LogP) is 4.97. The summed E-state index contributed by atoms with van der Waals surface area (Å²) in [5, 5.41) is 11.0. The molecule has 1 aliphatic rings. The van der Waals surface area contributed by atoms with E-state index in [9.17, 15) is 13.2 Å². The average Bonchev–Trinajstić information content (AvgIpc) is 3.38. The van der Waals surface area contributed by atoms with Gasteiger partial charge in [0.25, 0.3) is 0 Å². The van der Waals surface area contributed by atoms with Crippen molar-refractivity contribution in [2.24, 2.45) is 0 Å². The molecule has 3 aromatic rings. The molecule has 5 nitrogen and oxygen atoms in total. The molecule has 1 fully saturated rings. The Morgan fingerprint density at radius 3 is 2.46 bits per heavy atom. The number of alkyl halides is 3. The summed E-state index contributed by atoms with van der Waals surface area (Å²) in [5.41, 5.74) is 1.27. The van der Waals surface area contributed by atoms with E-state index < -0.39 is 11.7 Å². The zero-order valence-corrected chi connectivity index (χ0v) is 15.0. The van der Waals surface area contributed by atoms with Crippen molar-refractivity contribution in [3.05, 3.63) is 60.0 Å². The van der Waals surface area contributed by atoms with Crippen LogP contribution in [0, 0.1) is 0 Å². The molecule has 0 radical (unpaired) electrons. The van der Waals surface area contributed by atoms with E-state index in [-0.39, 0.29) is 6.54 Å². The van der Waals surface area contributed by atoms with Gasteiger partial charge >= 0.3 is 6.18 Å². The van der Waals surface area contributed by atoms with E-state index in [1.807, 2.05) is 30.3 Å². The fraction of sp³-hybridized carbons (Fsp3) is 0.300. The first-order valence-electron chi connectivity index (χ1n) is 9.08. The van der Waals surface area contributed by atoms with Gasteiger partial charge in [-0.05, 0) is 43.2 Å². The van der Waals surface area contributed by atoms with Gasteiger partial charge in [-0.25, -0.2) is 0 Å². The molecule has 146 valence electrons. The molecule has 2 heterocycles. The third-order valence-electron chi connectivity index (χ3n) is 4.69. The number of nitrogens with one attached hydrogen (secondary N) is 1. The number of rotatable bonds is 5. The first-order valence-corrected chi connectivity index (χ1v) is 9.08. The number of halogens is 3. The van der Waals surface area contributed by atoms with Crippen molar-refractivity contribution in [1.29, 1.82) is 0 Å². The molecule has 0 unspecified atom stereocenters. The highest BCUT2D eigenvalue weighted by Crippen LogP contribution is 2.36. The summed E-state index contributed by atoms with van der Waals surface area (Å²) in [4.78, 5) is 2.09. The van der Waals surface area contributed by atoms with Crippen molar-refractivity contribution < 1.29 is 17.6 Å². The summed E-state index contributed by atoms with van der Waals surface area (Å²) >= 11 is 0. The zero-order valence-electron chi connectivity index (χ0n) is 15.0. The van der Waals surface area contributed by atoms with Crippen molar-refractivity contribution >= 4 is 11.4 Å². The Labute approximate surface area is 160 Å². The Hall–Kier alpha value is -3.03. The van der Waals surface area contributed by atoms with Gasteiger partial charge < -0.3 is 14.6 Å². The minimum absolute atomic E-state index is 0.141. The first kappa shape index (κ1) is 18.3. The van der Waals surface area contributed by atoms with Crippen molar-refractivity contribution in [3.63, 3.8) is 0 Å². The second-order valence-corrected chi connectivity index (χ2v) is 6.64. The molecule has 1 saturated heterocycles. The molecular weight excluding hydrogens is 369 g/mol. The van der Waals surface area contributed by atoms with Crippen molar-refractivity contribution in [3.8, 4) is 11.5 Å². The van der Waals surface area contributed by atoms with Crippen LogP contribution in [0.2, 0.25) is 0 Å². The van der Waals surface area contributed by atoms with Crippen LogP contribution in [0.4, 0.5) is 24.5 Å². The molecular formula is C20H19F3N4O. The molecule has 0 bridgehead atoms. The van der Waals surface area contributed by atoms with Gasteiger partial charge in [0.15, 0.2) is 0 Å².